The summed E-state index contributed by atoms with van der Waals surface area (Å²) in [4.78, 5) is 25.5. The molecule has 1 aromatic rings. The minimum Gasteiger partial charge on any atom is -0.371 e. The number of nitrogens with zero attached hydrogens (tertiary/aromatic N) is 1. The van der Waals surface area contributed by atoms with Gasteiger partial charge in [-0.05, 0) is 43.5 Å². The first-order valence-electron chi connectivity index (χ1n) is 8.07. The molecule has 0 saturated carbocycles. The third-order valence-corrected chi connectivity index (χ3v) is 4.55. The van der Waals surface area contributed by atoms with E-state index in [-0.39, 0.29) is 23.8 Å². The molecule has 0 aliphatic carbocycles. The maximum atomic E-state index is 12.0. The highest BCUT2D eigenvalue weighted by Gasteiger charge is 2.24. The number of carbonyl (C=O) groups is 2. The standard InChI is InChI=1S/C16H23N5O2/c17-15(22)11-6-9-21(10-7-11)13-3-1-12(2-4-13)19-16(23)14-5-8-18-20-14/h1-4,11,14,18,20H,5-10H2,(H2,17,22)(H,19,23). The van der Waals surface area contributed by atoms with Gasteiger partial charge in [0.2, 0.25) is 11.8 Å². The Morgan fingerprint density at radius 2 is 1.83 bits per heavy atom. The zero-order valence-corrected chi connectivity index (χ0v) is 13.0. The van der Waals surface area contributed by atoms with Gasteiger partial charge in [0, 0.05) is 36.9 Å². The van der Waals surface area contributed by atoms with E-state index in [4.69, 9.17) is 5.73 Å². The fourth-order valence-corrected chi connectivity index (χ4v) is 3.09. The largest absolute Gasteiger partial charge is 0.371 e. The van der Waals surface area contributed by atoms with Crippen molar-refractivity contribution < 1.29 is 9.59 Å². The highest BCUT2D eigenvalue weighted by Crippen LogP contribution is 2.24. The number of piperidine rings is 1. The van der Waals surface area contributed by atoms with Crippen LogP contribution in [0.5, 0.6) is 0 Å². The fraction of sp³-hybridized carbons (Fsp3) is 0.500. The Morgan fingerprint density at radius 3 is 2.39 bits per heavy atom. The van der Waals surface area contributed by atoms with Crippen LogP contribution in [0.15, 0.2) is 24.3 Å². The minimum absolute atomic E-state index is 0.00247. The van der Waals surface area contributed by atoms with Crippen molar-refractivity contribution >= 4 is 23.2 Å². The molecule has 124 valence electrons. The summed E-state index contributed by atoms with van der Waals surface area (Å²) in [5, 5.41) is 2.91. The van der Waals surface area contributed by atoms with Crippen molar-refractivity contribution in [3.63, 3.8) is 0 Å². The Kier molecular flexibility index (Phi) is 4.78. The predicted octanol–water partition coefficient (Wildman–Crippen LogP) is 0.193. The first kappa shape index (κ1) is 15.8. The summed E-state index contributed by atoms with van der Waals surface area (Å²) in [6.07, 6.45) is 2.39. The molecule has 1 atom stereocenters. The van der Waals surface area contributed by atoms with Crippen molar-refractivity contribution in [3.8, 4) is 0 Å². The number of amides is 2. The van der Waals surface area contributed by atoms with Gasteiger partial charge in [-0.25, -0.2) is 5.43 Å². The quantitative estimate of drug-likeness (QED) is 0.635. The molecule has 7 nitrogen and oxygen atoms in total. The molecule has 2 saturated heterocycles. The Morgan fingerprint density at radius 1 is 1.13 bits per heavy atom. The van der Waals surface area contributed by atoms with Gasteiger partial charge in [0.05, 0.1) is 0 Å². The molecule has 23 heavy (non-hydrogen) atoms. The van der Waals surface area contributed by atoms with Crippen molar-refractivity contribution in [2.45, 2.75) is 25.3 Å². The molecule has 0 bridgehead atoms. The molecule has 0 spiro atoms. The molecule has 1 aromatic carbocycles. The van der Waals surface area contributed by atoms with Crippen LogP contribution in [0.1, 0.15) is 19.3 Å². The van der Waals surface area contributed by atoms with Gasteiger partial charge in [-0.2, -0.15) is 0 Å². The zero-order valence-electron chi connectivity index (χ0n) is 13.0. The molecule has 7 heteroatoms. The van der Waals surface area contributed by atoms with Crippen LogP contribution >= 0.6 is 0 Å². The van der Waals surface area contributed by atoms with Gasteiger partial charge >= 0.3 is 0 Å². The van der Waals surface area contributed by atoms with E-state index in [9.17, 15) is 9.59 Å². The molecule has 2 amide bonds. The van der Waals surface area contributed by atoms with Gasteiger partial charge in [0.25, 0.3) is 0 Å². The van der Waals surface area contributed by atoms with E-state index >= 15 is 0 Å². The number of primary amides is 1. The number of hydrogen-bond donors (Lipinski definition) is 4. The van der Waals surface area contributed by atoms with Crippen LogP contribution in [-0.2, 0) is 9.59 Å². The average Bonchev–Trinajstić information content (AvgIpc) is 3.10. The van der Waals surface area contributed by atoms with Crippen LogP contribution < -0.4 is 26.8 Å². The number of nitrogens with one attached hydrogen (secondary N) is 3. The molecule has 2 aliphatic rings. The first-order chi connectivity index (χ1) is 11.1. The van der Waals surface area contributed by atoms with E-state index < -0.39 is 0 Å². The van der Waals surface area contributed by atoms with E-state index in [0.29, 0.717) is 0 Å². The van der Waals surface area contributed by atoms with Gasteiger partial charge in [-0.3, -0.25) is 15.0 Å². The Bertz CT molecular complexity index is 560. The molecule has 0 radical (unpaired) electrons. The molecular formula is C16H23N5O2. The summed E-state index contributed by atoms with van der Waals surface area (Å²) in [5.74, 6) is -0.222. The smallest absolute Gasteiger partial charge is 0.242 e. The van der Waals surface area contributed by atoms with Crippen LogP contribution in [0.2, 0.25) is 0 Å². The molecular weight excluding hydrogens is 294 g/mol. The van der Waals surface area contributed by atoms with Gasteiger partial charge in [0.1, 0.15) is 6.04 Å². The topological polar surface area (TPSA) is 99.5 Å². The highest BCUT2D eigenvalue weighted by molar-refractivity contribution is 5.95. The molecule has 1 unspecified atom stereocenters. The second kappa shape index (κ2) is 6.97. The first-order valence-corrected chi connectivity index (χ1v) is 8.07. The predicted molar refractivity (Wildman–Crippen MR) is 88.7 cm³/mol. The van der Waals surface area contributed by atoms with Crippen LogP contribution in [-0.4, -0.2) is 37.5 Å². The molecule has 5 N–H and O–H groups in total. The lowest BCUT2D eigenvalue weighted by molar-refractivity contribution is -0.122. The van der Waals surface area contributed by atoms with Gasteiger partial charge in [-0.1, -0.05) is 0 Å². The van der Waals surface area contributed by atoms with Gasteiger partial charge < -0.3 is 16.0 Å². The summed E-state index contributed by atoms with van der Waals surface area (Å²) < 4.78 is 0. The number of nitrogens with two attached hydrogens (primary N) is 1. The summed E-state index contributed by atoms with van der Waals surface area (Å²) in [7, 11) is 0. The Labute approximate surface area is 135 Å². The van der Waals surface area contributed by atoms with E-state index in [0.717, 1.165) is 50.3 Å². The number of benzene rings is 1. The van der Waals surface area contributed by atoms with Crippen molar-refractivity contribution in [1.82, 2.24) is 10.9 Å². The number of rotatable bonds is 4. The Balaban J connectivity index is 1.55. The van der Waals surface area contributed by atoms with Crippen molar-refractivity contribution in [1.29, 1.82) is 0 Å². The lowest BCUT2D eigenvalue weighted by Gasteiger charge is -2.32. The maximum Gasteiger partial charge on any atom is 0.242 e. The number of hydrogen-bond acceptors (Lipinski definition) is 5. The average molecular weight is 317 g/mol. The monoisotopic (exact) mass is 317 g/mol. The Hall–Kier alpha value is -2.12. The molecule has 3 rings (SSSR count). The fourth-order valence-electron chi connectivity index (χ4n) is 3.09. The lowest BCUT2D eigenvalue weighted by atomic mass is 9.96. The number of carbonyl (C=O) groups excluding carboxylic acids is 2. The van der Waals surface area contributed by atoms with Crippen LogP contribution in [0.4, 0.5) is 11.4 Å². The molecule has 2 fully saturated rings. The summed E-state index contributed by atoms with van der Waals surface area (Å²) in [6.45, 7) is 2.46. The summed E-state index contributed by atoms with van der Waals surface area (Å²) in [6, 6.07) is 7.65. The molecule has 0 aromatic heterocycles. The zero-order chi connectivity index (χ0) is 16.2. The third-order valence-electron chi connectivity index (χ3n) is 4.55. The van der Waals surface area contributed by atoms with E-state index in [2.05, 4.69) is 21.1 Å². The van der Waals surface area contributed by atoms with Crippen molar-refractivity contribution in [2.24, 2.45) is 11.7 Å². The summed E-state index contributed by atoms with van der Waals surface area (Å²) >= 11 is 0. The third kappa shape index (κ3) is 3.80. The molecule has 2 aliphatic heterocycles. The highest BCUT2D eigenvalue weighted by atomic mass is 16.2. The summed E-state index contributed by atoms with van der Waals surface area (Å²) in [5.41, 5.74) is 13.2. The normalized spacial score (nSPS) is 22.1. The van der Waals surface area contributed by atoms with E-state index in [1.54, 1.807) is 0 Å². The van der Waals surface area contributed by atoms with E-state index in [1.807, 2.05) is 24.3 Å². The maximum absolute atomic E-state index is 12.0. The second-order valence-electron chi connectivity index (χ2n) is 6.11. The lowest BCUT2D eigenvalue weighted by Crippen LogP contribution is -2.39. The van der Waals surface area contributed by atoms with Crippen molar-refractivity contribution in [3.05, 3.63) is 24.3 Å². The van der Waals surface area contributed by atoms with E-state index in [1.165, 1.54) is 0 Å². The van der Waals surface area contributed by atoms with Gasteiger partial charge in [0.15, 0.2) is 0 Å². The number of hydrazine groups is 1. The van der Waals surface area contributed by atoms with Crippen LogP contribution in [0.25, 0.3) is 0 Å². The SMILES string of the molecule is NC(=O)C1CCN(c2ccc(NC(=O)C3CCNN3)cc2)CC1. The van der Waals surface area contributed by atoms with Gasteiger partial charge in [-0.15, -0.1) is 0 Å². The molecule has 2 heterocycles. The van der Waals surface area contributed by atoms with Crippen LogP contribution in [0.3, 0.4) is 0 Å². The minimum atomic E-state index is -0.197. The number of anilines is 2. The second-order valence-corrected chi connectivity index (χ2v) is 6.11. The van der Waals surface area contributed by atoms with Crippen LogP contribution in [0, 0.1) is 5.92 Å². The van der Waals surface area contributed by atoms with Crippen molar-refractivity contribution in [2.75, 3.05) is 29.9 Å².